The molecule has 2 N–H and O–H groups in total. The fourth-order valence-corrected chi connectivity index (χ4v) is 2.95. The number of hydrogen-bond donors (Lipinski definition) is 1. The standard InChI is InChI=1S/C13H13BrFNOS/c1-8-4-5-18-13(8)12(7-16)17-11-3-2-9(14)6-10(11)15/h2-6,12H,7,16H2,1H3. The van der Waals surface area contributed by atoms with Crippen LogP contribution in [0.25, 0.3) is 0 Å². The summed E-state index contributed by atoms with van der Waals surface area (Å²) >= 11 is 4.79. The Kier molecular flexibility index (Phi) is 4.37. The predicted molar refractivity (Wildman–Crippen MR) is 75.6 cm³/mol. The van der Waals surface area contributed by atoms with E-state index in [1.54, 1.807) is 23.5 Å². The molecule has 0 fully saturated rings. The molecule has 2 rings (SSSR count). The third kappa shape index (κ3) is 2.91. The van der Waals surface area contributed by atoms with E-state index in [1.165, 1.54) is 6.07 Å². The number of hydrogen-bond acceptors (Lipinski definition) is 3. The molecular weight excluding hydrogens is 317 g/mol. The molecule has 0 saturated heterocycles. The molecule has 0 aliphatic rings. The smallest absolute Gasteiger partial charge is 0.166 e. The number of thiophene rings is 1. The number of benzene rings is 1. The zero-order chi connectivity index (χ0) is 13.1. The summed E-state index contributed by atoms with van der Waals surface area (Å²) in [4.78, 5) is 1.04. The summed E-state index contributed by atoms with van der Waals surface area (Å²) in [6.45, 7) is 2.31. The van der Waals surface area contributed by atoms with E-state index in [0.717, 1.165) is 10.4 Å². The summed E-state index contributed by atoms with van der Waals surface area (Å²) in [5.74, 6) is -0.168. The van der Waals surface area contributed by atoms with Crippen LogP contribution < -0.4 is 10.5 Å². The van der Waals surface area contributed by atoms with Gasteiger partial charge in [0.25, 0.3) is 0 Å². The van der Waals surface area contributed by atoms with Crippen molar-refractivity contribution in [1.82, 2.24) is 0 Å². The van der Waals surface area contributed by atoms with Crippen LogP contribution in [0.15, 0.2) is 34.1 Å². The fourth-order valence-electron chi connectivity index (χ4n) is 1.65. The first kappa shape index (κ1) is 13.5. The zero-order valence-corrected chi connectivity index (χ0v) is 12.2. The molecule has 0 amide bonds. The Balaban J connectivity index is 2.23. The van der Waals surface area contributed by atoms with Crippen LogP contribution in [0, 0.1) is 12.7 Å². The molecule has 2 aromatic rings. The highest BCUT2D eigenvalue weighted by Gasteiger charge is 2.17. The Bertz CT molecular complexity index is 544. The third-order valence-corrected chi connectivity index (χ3v) is 4.18. The van der Waals surface area contributed by atoms with Crippen molar-refractivity contribution in [2.45, 2.75) is 13.0 Å². The van der Waals surface area contributed by atoms with Crippen LogP contribution in [0.5, 0.6) is 5.75 Å². The van der Waals surface area contributed by atoms with Crippen LogP contribution in [0.1, 0.15) is 16.5 Å². The molecule has 0 aliphatic carbocycles. The van der Waals surface area contributed by atoms with E-state index in [0.29, 0.717) is 11.0 Å². The van der Waals surface area contributed by atoms with Crippen molar-refractivity contribution in [3.05, 3.63) is 50.4 Å². The van der Waals surface area contributed by atoms with Crippen molar-refractivity contribution in [1.29, 1.82) is 0 Å². The van der Waals surface area contributed by atoms with Crippen molar-refractivity contribution in [3.63, 3.8) is 0 Å². The van der Waals surface area contributed by atoms with E-state index in [2.05, 4.69) is 15.9 Å². The number of aryl methyl sites for hydroxylation is 1. The highest BCUT2D eigenvalue weighted by Crippen LogP contribution is 2.30. The summed E-state index contributed by atoms with van der Waals surface area (Å²) < 4.78 is 20.0. The third-order valence-electron chi connectivity index (χ3n) is 2.57. The lowest BCUT2D eigenvalue weighted by Gasteiger charge is -2.17. The summed E-state index contributed by atoms with van der Waals surface area (Å²) in [6, 6.07) is 6.73. The molecule has 0 radical (unpaired) electrons. The molecule has 1 atom stereocenters. The summed E-state index contributed by atoms with van der Waals surface area (Å²) in [6.07, 6.45) is -0.305. The highest BCUT2D eigenvalue weighted by atomic mass is 79.9. The first-order chi connectivity index (χ1) is 8.61. The normalized spacial score (nSPS) is 12.4. The molecule has 0 aliphatic heterocycles. The molecule has 18 heavy (non-hydrogen) atoms. The van der Waals surface area contributed by atoms with E-state index < -0.39 is 5.82 Å². The van der Waals surface area contributed by atoms with Crippen LogP contribution in [-0.4, -0.2) is 6.54 Å². The van der Waals surface area contributed by atoms with Gasteiger partial charge in [0.2, 0.25) is 0 Å². The van der Waals surface area contributed by atoms with Gasteiger partial charge >= 0.3 is 0 Å². The topological polar surface area (TPSA) is 35.2 Å². The molecule has 1 aromatic heterocycles. The van der Waals surface area contributed by atoms with Crippen LogP contribution in [0.3, 0.4) is 0 Å². The van der Waals surface area contributed by atoms with Gasteiger partial charge in [-0.1, -0.05) is 15.9 Å². The van der Waals surface area contributed by atoms with Gasteiger partial charge < -0.3 is 10.5 Å². The van der Waals surface area contributed by atoms with Crippen molar-refractivity contribution < 1.29 is 9.13 Å². The second-order valence-electron chi connectivity index (χ2n) is 3.88. The Labute approximate surface area is 118 Å². The SMILES string of the molecule is Cc1ccsc1C(CN)Oc1ccc(Br)cc1F. The maximum atomic E-state index is 13.7. The quantitative estimate of drug-likeness (QED) is 0.918. The second kappa shape index (κ2) is 5.82. The van der Waals surface area contributed by atoms with Gasteiger partial charge in [0.15, 0.2) is 11.6 Å². The van der Waals surface area contributed by atoms with Crippen molar-refractivity contribution >= 4 is 27.3 Å². The summed E-state index contributed by atoms with van der Waals surface area (Å²) in [5.41, 5.74) is 6.83. The number of rotatable bonds is 4. The van der Waals surface area contributed by atoms with Gasteiger partial charge in [-0.15, -0.1) is 11.3 Å². The number of halogens is 2. The molecule has 1 unspecified atom stereocenters. The second-order valence-corrected chi connectivity index (χ2v) is 5.75. The largest absolute Gasteiger partial charge is 0.480 e. The summed E-state index contributed by atoms with van der Waals surface area (Å²) in [5, 5.41) is 1.98. The maximum absolute atomic E-state index is 13.7. The lowest BCUT2D eigenvalue weighted by atomic mass is 10.2. The minimum atomic E-state index is -0.392. The Morgan fingerprint density at radius 3 is 2.78 bits per heavy atom. The first-order valence-electron chi connectivity index (χ1n) is 5.47. The van der Waals surface area contributed by atoms with E-state index >= 15 is 0 Å². The molecule has 2 nitrogen and oxygen atoms in total. The maximum Gasteiger partial charge on any atom is 0.166 e. The van der Waals surface area contributed by atoms with Gasteiger partial charge in [-0.3, -0.25) is 0 Å². The van der Waals surface area contributed by atoms with Crippen LogP contribution in [0.2, 0.25) is 0 Å². The van der Waals surface area contributed by atoms with Gasteiger partial charge in [0.1, 0.15) is 6.10 Å². The summed E-state index contributed by atoms with van der Waals surface area (Å²) in [7, 11) is 0. The average molecular weight is 330 g/mol. The van der Waals surface area contributed by atoms with E-state index in [4.69, 9.17) is 10.5 Å². The molecule has 96 valence electrons. The van der Waals surface area contributed by atoms with E-state index in [9.17, 15) is 4.39 Å². The Morgan fingerprint density at radius 1 is 1.44 bits per heavy atom. The van der Waals surface area contributed by atoms with Gasteiger partial charge in [-0.05, 0) is 42.1 Å². The minimum Gasteiger partial charge on any atom is -0.480 e. The zero-order valence-electron chi connectivity index (χ0n) is 9.82. The van der Waals surface area contributed by atoms with E-state index in [1.807, 2.05) is 18.4 Å². The van der Waals surface area contributed by atoms with Crippen LogP contribution >= 0.6 is 27.3 Å². The highest BCUT2D eigenvalue weighted by molar-refractivity contribution is 9.10. The monoisotopic (exact) mass is 329 g/mol. The number of ether oxygens (including phenoxy) is 1. The fraction of sp³-hybridized carbons (Fsp3) is 0.231. The molecule has 1 aromatic carbocycles. The molecule has 1 heterocycles. The molecule has 0 bridgehead atoms. The molecule has 0 spiro atoms. The van der Waals surface area contributed by atoms with Gasteiger partial charge in [-0.25, -0.2) is 4.39 Å². The van der Waals surface area contributed by atoms with E-state index in [-0.39, 0.29) is 11.9 Å². The van der Waals surface area contributed by atoms with Crippen LogP contribution in [-0.2, 0) is 0 Å². The molecule has 0 saturated carbocycles. The minimum absolute atomic E-state index is 0.224. The van der Waals surface area contributed by atoms with Gasteiger partial charge in [0, 0.05) is 15.9 Å². The average Bonchev–Trinajstić information content (AvgIpc) is 2.75. The van der Waals surface area contributed by atoms with Gasteiger partial charge in [-0.2, -0.15) is 0 Å². The predicted octanol–water partition coefficient (Wildman–Crippen LogP) is 4.04. The van der Waals surface area contributed by atoms with Gasteiger partial charge in [0.05, 0.1) is 0 Å². The van der Waals surface area contributed by atoms with Crippen molar-refractivity contribution in [2.24, 2.45) is 5.73 Å². The Morgan fingerprint density at radius 2 is 2.22 bits per heavy atom. The Hall–Kier alpha value is -0.910. The van der Waals surface area contributed by atoms with Crippen molar-refractivity contribution in [2.75, 3.05) is 6.54 Å². The lowest BCUT2D eigenvalue weighted by molar-refractivity contribution is 0.207. The lowest BCUT2D eigenvalue weighted by Crippen LogP contribution is -2.18. The van der Waals surface area contributed by atoms with Crippen LogP contribution in [0.4, 0.5) is 4.39 Å². The number of nitrogens with two attached hydrogens (primary N) is 1. The first-order valence-corrected chi connectivity index (χ1v) is 7.15. The molecular formula is C13H13BrFNOS. The van der Waals surface area contributed by atoms with Crippen molar-refractivity contribution in [3.8, 4) is 5.75 Å². The molecule has 5 heteroatoms.